The molecule has 6 nitrogen and oxygen atoms in total. The molecule has 0 radical (unpaired) electrons. The molecule has 2 saturated carbocycles. The van der Waals surface area contributed by atoms with E-state index in [2.05, 4.69) is 28.2 Å². The van der Waals surface area contributed by atoms with Crippen molar-refractivity contribution in [1.82, 2.24) is 14.9 Å². The van der Waals surface area contributed by atoms with E-state index in [-0.39, 0.29) is 23.7 Å². The zero-order valence-electron chi connectivity index (χ0n) is 19.0. The van der Waals surface area contributed by atoms with E-state index < -0.39 is 5.60 Å². The van der Waals surface area contributed by atoms with Crippen LogP contribution in [0.15, 0.2) is 59.7 Å². The molecule has 5 unspecified atom stereocenters. The first-order chi connectivity index (χ1) is 15.9. The number of rotatable bonds is 3. The highest BCUT2D eigenvalue weighted by Gasteiger charge is 2.54. The van der Waals surface area contributed by atoms with Crippen molar-refractivity contribution in [3.63, 3.8) is 0 Å². The number of aromatic amines is 1. The van der Waals surface area contributed by atoms with Gasteiger partial charge in [-0.05, 0) is 75.0 Å². The maximum absolute atomic E-state index is 13.0. The summed E-state index contributed by atoms with van der Waals surface area (Å²) in [6, 6.07) is 14.3. The van der Waals surface area contributed by atoms with Crippen molar-refractivity contribution >= 4 is 17.0 Å². The van der Waals surface area contributed by atoms with Gasteiger partial charge in [0.1, 0.15) is 5.60 Å². The van der Waals surface area contributed by atoms with E-state index in [1.54, 1.807) is 12.4 Å². The van der Waals surface area contributed by atoms with Crippen LogP contribution in [0.5, 0.6) is 0 Å². The van der Waals surface area contributed by atoms with Gasteiger partial charge in [-0.25, -0.2) is 4.79 Å². The highest BCUT2D eigenvalue weighted by Crippen LogP contribution is 2.56. The number of pyridine rings is 2. The predicted octanol–water partition coefficient (Wildman–Crippen LogP) is 5.17. The summed E-state index contributed by atoms with van der Waals surface area (Å²) in [5, 5.41) is 1.03. The molecule has 1 N–H and O–H groups in total. The Hall–Kier alpha value is -3.15. The topological polar surface area (TPSA) is 75.3 Å². The summed E-state index contributed by atoms with van der Waals surface area (Å²) < 4.78 is 5.85. The second-order valence-electron chi connectivity index (χ2n) is 10.4. The number of amides is 1. The molecule has 0 spiro atoms. The van der Waals surface area contributed by atoms with Crippen LogP contribution in [0, 0.1) is 11.8 Å². The number of ether oxygens (including phenoxy) is 1. The van der Waals surface area contributed by atoms with E-state index in [4.69, 9.17) is 4.74 Å². The van der Waals surface area contributed by atoms with Crippen molar-refractivity contribution in [2.75, 3.05) is 0 Å². The van der Waals surface area contributed by atoms with Crippen LogP contribution in [-0.4, -0.2) is 32.6 Å². The minimum absolute atomic E-state index is 0.00934. The normalized spacial score (nSPS) is 30.5. The van der Waals surface area contributed by atoms with Gasteiger partial charge in [0.15, 0.2) is 0 Å². The second kappa shape index (κ2) is 7.44. The molecule has 3 aliphatic rings. The molecule has 1 aromatic carbocycles. The average molecular weight is 444 g/mol. The number of nitrogens with zero attached hydrogens (tertiary/aromatic N) is 2. The number of benzene rings is 1. The first kappa shape index (κ1) is 20.5. The summed E-state index contributed by atoms with van der Waals surface area (Å²) >= 11 is 0. The summed E-state index contributed by atoms with van der Waals surface area (Å²) in [5.41, 5.74) is 2.25. The van der Waals surface area contributed by atoms with Crippen LogP contribution in [0.3, 0.4) is 0 Å². The van der Waals surface area contributed by atoms with E-state index in [0.29, 0.717) is 17.8 Å². The minimum atomic E-state index is -0.565. The van der Waals surface area contributed by atoms with Crippen LogP contribution >= 0.6 is 0 Å². The zero-order valence-corrected chi connectivity index (χ0v) is 19.0. The van der Waals surface area contributed by atoms with Gasteiger partial charge in [0.2, 0.25) is 0 Å². The van der Waals surface area contributed by atoms with Gasteiger partial charge >= 0.3 is 6.09 Å². The lowest BCUT2D eigenvalue weighted by molar-refractivity contribution is 0.0221. The largest absolute Gasteiger partial charge is 0.441 e. The van der Waals surface area contributed by atoms with Gasteiger partial charge in [-0.1, -0.05) is 30.3 Å². The van der Waals surface area contributed by atoms with E-state index in [0.717, 1.165) is 47.7 Å². The summed E-state index contributed by atoms with van der Waals surface area (Å²) in [6.07, 6.45) is 7.22. The molecule has 3 fully saturated rings. The van der Waals surface area contributed by atoms with Gasteiger partial charge in [-0.15, -0.1) is 0 Å². The van der Waals surface area contributed by atoms with Crippen molar-refractivity contribution in [2.24, 2.45) is 11.8 Å². The molecule has 1 aliphatic heterocycles. The Balaban J connectivity index is 1.23. The smallest absolute Gasteiger partial charge is 0.411 e. The summed E-state index contributed by atoms with van der Waals surface area (Å²) in [7, 11) is 0. The number of hydrogen-bond acceptors (Lipinski definition) is 4. The van der Waals surface area contributed by atoms with Crippen LogP contribution in [0.4, 0.5) is 4.79 Å². The molecule has 1 saturated heterocycles. The summed E-state index contributed by atoms with van der Waals surface area (Å²) in [5.74, 6) is 1.34. The van der Waals surface area contributed by atoms with E-state index >= 15 is 0 Å². The minimum Gasteiger partial charge on any atom is -0.441 e. The van der Waals surface area contributed by atoms with Gasteiger partial charge in [0.05, 0.1) is 17.8 Å². The third-order valence-corrected chi connectivity index (χ3v) is 8.17. The first-order valence-electron chi connectivity index (χ1n) is 12.0. The highest BCUT2D eigenvalue weighted by atomic mass is 16.6. The average Bonchev–Trinajstić information content (AvgIpc) is 3.03. The number of nitrogens with one attached hydrogen (secondary N) is 1. The lowest BCUT2D eigenvalue weighted by Crippen LogP contribution is -2.49. The quantitative estimate of drug-likeness (QED) is 0.606. The Morgan fingerprint density at radius 1 is 1.09 bits per heavy atom. The Bertz CT molecular complexity index is 1270. The fourth-order valence-corrected chi connectivity index (χ4v) is 6.65. The first-order valence-corrected chi connectivity index (χ1v) is 12.0. The molecule has 1 amide bonds. The highest BCUT2D eigenvalue weighted by molar-refractivity contribution is 5.77. The van der Waals surface area contributed by atoms with Gasteiger partial charge < -0.3 is 9.72 Å². The standard InChI is InChI=1S/C27H29N3O3/c1-27(2)24(16-6-4-3-5-7-16)30(26(32)33-27)19-8-9-20-18(12-19)14-21(20)22-13-17-10-11-28-15-23(17)29-25(22)31/h3-7,10-11,13,15,18-21,24H,8-9,12,14H2,1-2H3,(H,29,31). The van der Waals surface area contributed by atoms with Crippen molar-refractivity contribution < 1.29 is 9.53 Å². The Morgan fingerprint density at radius 2 is 1.91 bits per heavy atom. The van der Waals surface area contributed by atoms with Crippen molar-refractivity contribution in [3.8, 4) is 0 Å². The molecule has 3 heterocycles. The Morgan fingerprint density at radius 3 is 2.70 bits per heavy atom. The van der Waals surface area contributed by atoms with Crippen molar-refractivity contribution in [2.45, 2.75) is 63.1 Å². The fourth-order valence-electron chi connectivity index (χ4n) is 6.65. The van der Waals surface area contributed by atoms with Gasteiger partial charge in [0, 0.05) is 23.2 Å². The number of cyclic esters (lactones) is 1. The Labute approximate surface area is 193 Å². The molecule has 0 bridgehead atoms. The third kappa shape index (κ3) is 3.26. The second-order valence-corrected chi connectivity index (χ2v) is 10.4. The number of H-pyrrole nitrogens is 1. The molecule has 2 aliphatic carbocycles. The van der Waals surface area contributed by atoms with Gasteiger partial charge in [-0.2, -0.15) is 0 Å². The number of carbonyl (C=O) groups is 1. The lowest BCUT2D eigenvalue weighted by atomic mass is 9.56. The lowest BCUT2D eigenvalue weighted by Gasteiger charge is -2.51. The van der Waals surface area contributed by atoms with Crippen molar-refractivity contribution in [3.05, 3.63) is 76.3 Å². The van der Waals surface area contributed by atoms with Crippen LogP contribution in [0.2, 0.25) is 0 Å². The molecule has 33 heavy (non-hydrogen) atoms. The third-order valence-electron chi connectivity index (χ3n) is 8.17. The number of fused-ring (bicyclic) bond motifs is 2. The fraction of sp³-hybridized carbons (Fsp3) is 0.444. The maximum Gasteiger partial charge on any atom is 0.411 e. The Kier molecular flexibility index (Phi) is 4.61. The van der Waals surface area contributed by atoms with Crippen LogP contribution in [-0.2, 0) is 4.74 Å². The molecular weight excluding hydrogens is 414 g/mol. The summed E-state index contributed by atoms with van der Waals surface area (Å²) in [4.78, 5) is 34.9. The molecule has 6 rings (SSSR count). The summed E-state index contributed by atoms with van der Waals surface area (Å²) in [6.45, 7) is 4.02. The van der Waals surface area contributed by atoms with E-state index in [1.807, 2.05) is 43.0 Å². The van der Waals surface area contributed by atoms with Crippen LogP contribution < -0.4 is 5.56 Å². The molecular formula is C27H29N3O3. The monoisotopic (exact) mass is 443 g/mol. The molecule has 5 atom stereocenters. The number of aromatic nitrogens is 2. The number of hydrogen-bond donors (Lipinski definition) is 1. The SMILES string of the molecule is CC1(C)OC(=O)N(C2CCC3C(CC3c3cc4ccncc4[nH]c3=O)C2)C1c1ccccc1. The molecule has 170 valence electrons. The van der Waals surface area contributed by atoms with Crippen LogP contribution in [0.1, 0.15) is 62.6 Å². The van der Waals surface area contributed by atoms with Crippen molar-refractivity contribution in [1.29, 1.82) is 0 Å². The molecule has 6 heteroatoms. The van der Waals surface area contributed by atoms with E-state index in [9.17, 15) is 9.59 Å². The zero-order chi connectivity index (χ0) is 22.7. The molecule has 2 aromatic heterocycles. The predicted molar refractivity (Wildman–Crippen MR) is 126 cm³/mol. The number of carbonyl (C=O) groups excluding carboxylic acids is 1. The van der Waals surface area contributed by atoms with Gasteiger partial charge in [-0.3, -0.25) is 14.7 Å². The van der Waals surface area contributed by atoms with Gasteiger partial charge in [0.25, 0.3) is 5.56 Å². The molecule has 3 aromatic rings. The van der Waals surface area contributed by atoms with Crippen LogP contribution in [0.25, 0.3) is 10.9 Å². The maximum atomic E-state index is 13.0. The van der Waals surface area contributed by atoms with E-state index in [1.165, 1.54) is 0 Å².